The van der Waals surface area contributed by atoms with Crippen molar-refractivity contribution in [1.29, 1.82) is 0 Å². The predicted octanol–water partition coefficient (Wildman–Crippen LogP) is 4.68. The number of thiocarbonyl (C=S) groups is 1. The van der Waals surface area contributed by atoms with Gasteiger partial charge in [0.1, 0.15) is 10.7 Å². The van der Waals surface area contributed by atoms with Gasteiger partial charge < -0.3 is 10.5 Å². The third-order valence-electron chi connectivity index (χ3n) is 3.86. The highest BCUT2D eigenvalue weighted by Crippen LogP contribution is 2.40. The molecule has 1 aliphatic rings. The van der Waals surface area contributed by atoms with Crippen molar-refractivity contribution in [2.45, 2.75) is 46.1 Å². The summed E-state index contributed by atoms with van der Waals surface area (Å²) in [5.74, 6) is 1.59. The molecular weight excluding hydrogens is 334 g/mol. The molecule has 1 aromatic carbocycles. The molecule has 2 N–H and O–H groups in total. The Morgan fingerprint density at radius 3 is 2.65 bits per heavy atom. The van der Waals surface area contributed by atoms with Gasteiger partial charge in [0.15, 0.2) is 0 Å². The number of halogens is 1. The van der Waals surface area contributed by atoms with Crippen LogP contribution >= 0.6 is 28.1 Å². The summed E-state index contributed by atoms with van der Waals surface area (Å²) in [5, 5.41) is 0. The molecule has 110 valence electrons. The second kappa shape index (κ2) is 6.02. The molecule has 0 heterocycles. The summed E-state index contributed by atoms with van der Waals surface area (Å²) in [6, 6.07) is 5.82. The molecule has 1 fully saturated rings. The maximum absolute atomic E-state index is 6.16. The van der Waals surface area contributed by atoms with Crippen LogP contribution < -0.4 is 10.5 Å². The predicted molar refractivity (Wildman–Crippen MR) is 91.2 cm³/mol. The molecule has 20 heavy (non-hydrogen) atoms. The van der Waals surface area contributed by atoms with Gasteiger partial charge in [-0.1, -0.05) is 33.0 Å². The standard InChI is InChI=1S/C16H22BrNOS/c1-10-6-12(9-16(2,3)8-10)19-11-4-5-13(15(18)20)14(17)7-11/h4-5,7,10,12H,6,8-9H2,1-3H3,(H2,18,20). The molecule has 1 aliphatic carbocycles. The molecule has 2 rings (SSSR count). The van der Waals surface area contributed by atoms with E-state index in [1.807, 2.05) is 18.2 Å². The summed E-state index contributed by atoms with van der Waals surface area (Å²) in [4.78, 5) is 0.399. The van der Waals surface area contributed by atoms with Crippen LogP contribution in [0.15, 0.2) is 22.7 Å². The SMILES string of the molecule is CC1CC(Oc2ccc(C(N)=S)c(Br)c2)CC(C)(C)C1. The van der Waals surface area contributed by atoms with Crippen LogP contribution in [0.3, 0.4) is 0 Å². The first kappa shape index (κ1) is 15.8. The van der Waals surface area contributed by atoms with E-state index in [0.717, 1.165) is 28.6 Å². The molecule has 0 amide bonds. The number of benzene rings is 1. The number of ether oxygens (including phenoxy) is 1. The van der Waals surface area contributed by atoms with Crippen molar-refractivity contribution in [3.63, 3.8) is 0 Å². The fourth-order valence-corrected chi connectivity index (χ4v) is 4.19. The minimum Gasteiger partial charge on any atom is -0.490 e. The zero-order valence-corrected chi connectivity index (χ0v) is 14.7. The molecule has 2 nitrogen and oxygen atoms in total. The van der Waals surface area contributed by atoms with E-state index in [-0.39, 0.29) is 6.10 Å². The summed E-state index contributed by atoms with van der Waals surface area (Å²) in [7, 11) is 0. The van der Waals surface area contributed by atoms with Gasteiger partial charge in [-0.15, -0.1) is 0 Å². The summed E-state index contributed by atoms with van der Waals surface area (Å²) in [6.45, 7) is 6.96. The maximum Gasteiger partial charge on any atom is 0.120 e. The number of hydrogen-bond acceptors (Lipinski definition) is 2. The number of hydrogen-bond donors (Lipinski definition) is 1. The molecule has 1 saturated carbocycles. The van der Waals surface area contributed by atoms with E-state index in [1.54, 1.807) is 0 Å². The van der Waals surface area contributed by atoms with Gasteiger partial charge >= 0.3 is 0 Å². The highest BCUT2D eigenvalue weighted by molar-refractivity contribution is 9.10. The highest BCUT2D eigenvalue weighted by Gasteiger charge is 2.33. The normalized spacial score (nSPS) is 25.2. The van der Waals surface area contributed by atoms with Crippen molar-refractivity contribution < 1.29 is 4.74 Å². The topological polar surface area (TPSA) is 35.2 Å². The third-order valence-corrected chi connectivity index (χ3v) is 4.73. The van der Waals surface area contributed by atoms with Gasteiger partial charge in [0.2, 0.25) is 0 Å². The molecule has 0 bridgehead atoms. The third kappa shape index (κ3) is 3.95. The smallest absolute Gasteiger partial charge is 0.120 e. The Morgan fingerprint density at radius 2 is 2.10 bits per heavy atom. The van der Waals surface area contributed by atoms with Crippen molar-refractivity contribution in [2.24, 2.45) is 17.1 Å². The van der Waals surface area contributed by atoms with Crippen molar-refractivity contribution in [1.82, 2.24) is 0 Å². The van der Waals surface area contributed by atoms with E-state index in [9.17, 15) is 0 Å². The Kier molecular flexibility index (Phi) is 4.75. The van der Waals surface area contributed by atoms with Crippen LogP contribution in [-0.2, 0) is 0 Å². The molecule has 0 saturated heterocycles. The first-order valence-corrected chi connectivity index (χ1v) is 8.23. The Bertz CT molecular complexity index is 515. The molecule has 1 aromatic rings. The average Bonchev–Trinajstić information content (AvgIpc) is 2.25. The van der Waals surface area contributed by atoms with Gasteiger partial charge in [-0.3, -0.25) is 0 Å². The quantitative estimate of drug-likeness (QED) is 0.799. The van der Waals surface area contributed by atoms with E-state index in [0.29, 0.717) is 16.3 Å². The number of rotatable bonds is 3. The van der Waals surface area contributed by atoms with Crippen molar-refractivity contribution in [3.05, 3.63) is 28.2 Å². The van der Waals surface area contributed by atoms with Crippen molar-refractivity contribution in [2.75, 3.05) is 0 Å². The molecule has 4 heteroatoms. The molecule has 0 aliphatic heterocycles. The Hall–Kier alpha value is -0.610. The molecule has 2 atom stereocenters. The van der Waals surface area contributed by atoms with Crippen LogP contribution in [0, 0.1) is 11.3 Å². The van der Waals surface area contributed by atoms with Crippen LogP contribution in [0.1, 0.15) is 45.6 Å². The first-order chi connectivity index (χ1) is 9.27. The Labute approximate surface area is 135 Å². The van der Waals surface area contributed by atoms with E-state index >= 15 is 0 Å². The fraction of sp³-hybridized carbons (Fsp3) is 0.562. The molecule has 0 radical (unpaired) electrons. The lowest BCUT2D eigenvalue weighted by Gasteiger charge is -2.38. The van der Waals surface area contributed by atoms with Gasteiger partial charge in [0.25, 0.3) is 0 Å². The molecular formula is C16H22BrNOS. The van der Waals surface area contributed by atoms with Gasteiger partial charge in [-0.2, -0.15) is 0 Å². The van der Waals surface area contributed by atoms with Crippen LogP contribution in [0.4, 0.5) is 0 Å². The zero-order chi connectivity index (χ0) is 14.9. The van der Waals surface area contributed by atoms with Crippen LogP contribution in [-0.4, -0.2) is 11.1 Å². The van der Waals surface area contributed by atoms with E-state index in [1.165, 1.54) is 6.42 Å². The largest absolute Gasteiger partial charge is 0.490 e. The van der Waals surface area contributed by atoms with E-state index in [2.05, 4.69) is 36.7 Å². The lowest BCUT2D eigenvalue weighted by molar-refractivity contribution is 0.0562. The minimum atomic E-state index is 0.288. The van der Waals surface area contributed by atoms with E-state index < -0.39 is 0 Å². The fourth-order valence-electron chi connectivity index (χ4n) is 3.31. The average molecular weight is 356 g/mol. The van der Waals surface area contributed by atoms with Gasteiger partial charge in [0, 0.05) is 10.0 Å². The highest BCUT2D eigenvalue weighted by atomic mass is 79.9. The lowest BCUT2D eigenvalue weighted by Crippen LogP contribution is -2.34. The van der Waals surface area contributed by atoms with Crippen LogP contribution in [0.25, 0.3) is 0 Å². The van der Waals surface area contributed by atoms with Crippen LogP contribution in [0.5, 0.6) is 5.75 Å². The second-order valence-corrected chi connectivity index (χ2v) is 7.95. The molecule has 0 aromatic heterocycles. The van der Waals surface area contributed by atoms with Crippen LogP contribution in [0.2, 0.25) is 0 Å². The van der Waals surface area contributed by atoms with Gasteiger partial charge in [0.05, 0.1) is 6.10 Å². The van der Waals surface area contributed by atoms with Crippen molar-refractivity contribution in [3.8, 4) is 5.75 Å². The molecule has 2 unspecified atom stereocenters. The minimum absolute atomic E-state index is 0.288. The lowest BCUT2D eigenvalue weighted by atomic mass is 9.71. The van der Waals surface area contributed by atoms with Gasteiger partial charge in [-0.05, 0) is 64.7 Å². The van der Waals surface area contributed by atoms with E-state index in [4.69, 9.17) is 22.7 Å². The molecule has 0 spiro atoms. The second-order valence-electron chi connectivity index (χ2n) is 6.66. The summed E-state index contributed by atoms with van der Waals surface area (Å²) < 4.78 is 7.06. The van der Waals surface area contributed by atoms with Crippen molar-refractivity contribution >= 4 is 33.1 Å². The monoisotopic (exact) mass is 355 g/mol. The summed E-state index contributed by atoms with van der Waals surface area (Å²) in [6.07, 6.45) is 3.79. The van der Waals surface area contributed by atoms with Gasteiger partial charge in [-0.25, -0.2) is 0 Å². The Balaban J connectivity index is 2.10. The summed E-state index contributed by atoms with van der Waals surface area (Å²) in [5.41, 5.74) is 6.87. The first-order valence-electron chi connectivity index (χ1n) is 7.03. The Morgan fingerprint density at radius 1 is 1.40 bits per heavy atom. The maximum atomic E-state index is 6.16. The summed E-state index contributed by atoms with van der Waals surface area (Å²) >= 11 is 8.51. The number of nitrogens with two attached hydrogens (primary N) is 1. The zero-order valence-electron chi connectivity index (χ0n) is 12.3.